The van der Waals surface area contributed by atoms with E-state index in [9.17, 15) is 4.79 Å². The summed E-state index contributed by atoms with van der Waals surface area (Å²) in [5, 5.41) is 11.6. The van der Waals surface area contributed by atoms with Crippen LogP contribution >= 0.6 is 0 Å². The average molecular weight is 286 g/mol. The monoisotopic (exact) mass is 286 g/mol. The fourth-order valence-corrected chi connectivity index (χ4v) is 2.41. The van der Waals surface area contributed by atoms with E-state index in [2.05, 4.69) is 17.2 Å². The molecule has 1 aromatic rings. The summed E-state index contributed by atoms with van der Waals surface area (Å²) in [7, 11) is 0. The van der Waals surface area contributed by atoms with Gasteiger partial charge in [0.05, 0.1) is 0 Å². The summed E-state index contributed by atoms with van der Waals surface area (Å²) in [6, 6.07) is 7.72. The highest BCUT2D eigenvalue weighted by Gasteiger charge is 2.14. The maximum Gasteiger partial charge on any atom is 0.317 e. The van der Waals surface area contributed by atoms with E-state index >= 15 is 0 Å². The Morgan fingerprint density at radius 2 is 1.81 bits per heavy atom. The molecule has 0 saturated carbocycles. The van der Waals surface area contributed by atoms with Crippen molar-refractivity contribution in [1.82, 2.24) is 10.2 Å². The van der Waals surface area contributed by atoms with Crippen molar-refractivity contribution in [3.05, 3.63) is 35.4 Å². The van der Waals surface area contributed by atoms with Crippen LogP contribution in [-0.4, -0.2) is 35.7 Å². The maximum atomic E-state index is 12.1. The number of amides is 2. The van der Waals surface area contributed by atoms with Crippen LogP contribution in [0.25, 0.3) is 0 Å². The van der Waals surface area contributed by atoms with Crippen LogP contribution in [0.4, 0.5) is 4.79 Å². The minimum absolute atomic E-state index is 0.0287. The molecule has 0 spiro atoms. The first-order valence-electron chi connectivity index (χ1n) is 7.51. The molecule has 0 unspecified atom stereocenters. The molecule has 2 N–H and O–H groups in total. The molecule has 1 heterocycles. The number of aliphatic hydroxyl groups excluding tert-OH is 1. The Kier molecular flexibility index (Phi) is 6.11. The van der Waals surface area contributed by atoms with Gasteiger partial charge in [-0.05, 0) is 30.5 Å². The number of nitrogens with zero attached hydrogens (tertiary/aromatic N) is 1. The molecule has 1 fully saturated rings. The predicted molar refractivity (Wildman–Crippen MR) is 82.7 cm³/mol. The number of nitrogens with one attached hydrogen (secondary N) is 1. The molecule has 2 amide bonds. The molecule has 0 aromatic heterocycles. The second-order valence-corrected chi connectivity index (χ2v) is 5.22. The van der Waals surface area contributed by atoms with Crippen LogP contribution in [0.2, 0.25) is 0 Å². The molecule has 1 saturated heterocycles. The Bertz CT molecular complexity index is 506. The van der Waals surface area contributed by atoms with E-state index in [1.54, 1.807) is 0 Å². The van der Waals surface area contributed by atoms with Gasteiger partial charge in [-0.25, -0.2) is 4.79 Å². The quantitative estimate of drug-likeness (QED) is 0.818. The van der Waals surface area contributed by atoms with Gasteiger partial charge in [0.25, 0.3) is 0 Å². The van der Waals surface area contributed by atoms with Crippen LogP contribution in [0.1, 0.15) is 36.8 Å². The SMILES string of the molecule is O=C(NCc1ccc(C#CCO)cc1)N1CCCCCC1. The number of carbonyl (C=O) groups is 1. The smallest absolute Gasteiger partial charge is 0.317 e. The van der Waals surface area contributed by atoms with Crippen LogP contribution in [0.3, 0.4) is 0 Å². The molecule has 4 nitrogen and oxygen atoms in total. The number of aliphatic hydroxyl groups is 1. The number of carbonyl (C=O) groups excluding carboxylic acids is 1. The van der Waals surface area contributed by atoms with Gasteiger partial charge in [-0.1, -0.05) is 36.8 Å². The van der Waals surface area contributed by atoms with Crippen LogP contribution in [0, 0.1) is 11.8 Å². The second-order valence-electron chi connectivity index (χ2n) is 5.22. The highest BCUT2D eigenvalue weighted by atomic mass is 16.2. The van der Waals surface area contributed by atoms with E-state index in [1.165, 1.54) is 12.8 Å². The number of likely N-dealkylation sites (tertiary alicyclic amines) is 1. The van der Waals surface area contributed by atoms with E-state index in [0.717, 1.165) is 37.1 Å². The predicted octanol–water partition coefficient (Wildman–Crippen LogP) is 2.12. The lowest BCUT2D eigenvalue weighted by molar-refractivity contribution is 0.199. The third kappa shape index (κ3) is 5.13. The summed E-state index contributed by atoms with van der Waals surface area (Å²) in [5.41, 5.74) is 1.92. The number of hydrogen-bond donors (Lipinski definition) is 2. The molecule has 0 radical (unpaired) electrons. The molecule has 1 aliphatic rings. The molecule has 2 rings (SSSR count). The fourth-order valence-electron chi connectivity index (χ4n) is 2.41. The van der Waals surface area contributed by atoms with Crippen molar-refractivity contribution < 1.29 is 9.90 Å². The summed E-state index contributed by atoms with van der Waals surface area (Å²) in [6.45, 7) is 2.12. The zero-order chi connectivity index (χ0) is 14.9. The summed E-state index contributed by atoms with van der Waals surface area (Å²) >= 11 is 0. The third-order valence-electron chi connectivity index (χ3n) is 3.60. The lowest BCUT2D eigenvalue weighted by Gasteiger charge is -2.20. The van der Waals surface area contributed by atoms with Gasteiger partial charge in [0.2, 0.25) is 0 Å². The molecular formula is C17H22N2O2. The first-order valence-corrected chi connectivity index (χ1v) is 7.51. The van der Waals surface area contributed by atoms with Gasteiger partial charge in [-0.3, -0.25) is 0 Å². The van der Waals surface area contributed by atoms with E-state index in [4.69, 9.17) is 5.11 Å². The van der Waals surface area contributed by atoms with Crippen LogP contribution in [0.15, 0.2) is 24.3 Å². The first kappa shape index (κ1) is 15.4. The van der Waals surface area contributed by atoms with Gasteiger partial charge in [0, 0.05) is 25.2 Å². The summed E-state index contributed by atoms with van der Waals surface area (Å²) in [4.78, 5) is 14.0. The second kappa shape index (κ2) is 8.33. The Balaban J connectivity index is 1.83. The molecule has 112 valence electrons. The zero-order valence-electron chi connectivity index (χ0n) is 12.3. The summed E-state index contributed by atoms with van der Waals surface area (Å²) in [6.07, 6.45) is 4.65. The normalized spacial score (nSPS) is 14.8. The Hall–Kier alpha value is -1.99. The topological polar surface area (TPSA) is 52.6 Å². The van der Waals surface area contributed by atoms with Crippen molar-refractivity contribution >= 4 is 6.03 Å². The zero-order valence-corrected chi connectivity index (χ0v) is 12.3. The van der Waals surface area contributed by atoms with Crippen molar-refractivity contribution in [3.8, 4) is 11.8 Å². The highest BCUT2D eigenvalue weighted by Crippen LogP contribution is 2.10. The van der Waals surface area contributed by atoms with Crippen LogP contribution in [-0.2, 0) is 6.54 Å². The van der Waals surface area contributed by atoms with E-state index in [-0.39, 0.29) is 12.6 Å². The summed E-state index contributed by atoms with van der Waals surface area (Å²) < 4.78 is 0. The number of benzene rings is 1. The minimum atomic E-state index is -0.131. The Morgan fingerprint density at radius 1 is 1.14 bits per heavy atom. The molecule has 0 bridgehead atoms. The van der Waals surface area contributed by atoms with Crippen LogP contribution in [0.5, 0.6) is 0 Å². The largest absolute Gasteiger partial charge is 0.384 e. The van der Waals surface area contributed by atoms with E-state index in [0.29, 0.717) is 6.54 Å². The van der Waals surface area contributed by atoms with E-state index in [1.807, 2.05) is 29.2 Å². The summed E-state index contributed by atoms with van der Waals surface area (Å²) in [5.74, 6) is 5.46. The standard InChI is InChI=1S/C17H22N2O2/c20-13-5-6-15-7-9-16(10-8-15)14-18-17(21)19-11-3-1-2-4-12-19/h7-10,20H,1-4,11-14H2,(H,18,21). The van der Waals surface area contributed by atoms with Gasteiger partial charge in [-0.15, -0.1) is 0 Å². The Morgan fingerprint density at radius 3 is 2.43 bits per heavy atom. The number of rotatable bonds is 2. The highest BCUT2D eigenvalue weighted by molar-refractivity contribution is 5.74. The molecule has 0 atom stereocenters. The van der Waals surface area contributed by atoms with Gasteiger partial charge in [0.15, 0.2) is 0 Å². The molecule has 21 heavy (non-hydrogen) atoms. The molecular weight excluding hydrogens is 264 g/mol. The van der Waals surface area contributed by atoms with Crippen molar-refractivity contribution in [1.29, 1.82) is 0 Å². The number of urea groups is 1. The molecule has 1 aromatic carbocycles. The Labute approximate surface area is 126 Å². The van der Waals surface area contributed by atoms with Gasteiger partial charge in [0.1, 0.15) is 6.61 Å². The third-order valence-corrected chi connectivity index (χ3v) is 3.60. The maximum absolute atomic E-state index is 12.1. The van der Waals surface area contributed by atoms with Crippen molar-refractivity contribution in [3.63, 3.8) is 0 Å². The van der Waals surface area contributed by atoms with Crippen molar-refractivity contribution in [2.45, 2.75) is 32.2 Å². The molecule has 0 aliphatic carbocycles. The number of hydrogen-bond acceptors (Lipinski definition) is 2. The molecule has 4 heteroatoms. The molecule has 1 aliphatic heterocycles. The van der Waals surface area contributed by atoms with Crippen molar-refractivity contribution in [2.24, 2.45) is 0 Å². The first-order chi connectivity index (χ1) is 10.3. The minimum Gasteiger partial charge on any atom is -0.384 e. The average Bonchev–Trinajstić information content (AvgIpc) is 2.81. The van der Waals surface area contributed by atoms with Gasteiger partial charge >= 0.3 is 6.03 Å². The van der Waals surface area contributed by atoms with Gasteiger partial charge < -0.3 is 15.3 Å². The van der Waals surface area contributed by atoms with Crippen LogP contribution < -0.4 is 5.32 Å². The van der Waals surface area contributed by atoms with Crippen molar-refractivity contribution in [2.75, 3.05) is 19.7 Å². The lowest BCUT2D eigenvalue weighted by Crippen LogP contribution is -2.40. The lowest BCUT2D eigenvalue weighted by atomic mass is 10.1. The fraction of sp³-hybridized carbons (Fsp3) is 0.471. The van der Waals surface area contributed by atoms with Gasteiger partial charge in [-0.2, -0.15) is 0 Å². The van der Waals surface area contributed by atoms with E-state index < -0.39 is 0 Å².